The molecule has 0 aliphatic heterocycles. The highest BCUT2D eigenvalue weighted by atomic mass is 16.3. The molecule has 0 aromatic carbocycles. The van der Waals surface area contributed by atoms with Crippen LogP contribution in [0.3, 0.4) is 0 Å². The largest absolute Gasteiger partial charge is 0.391 e. The van der Waals surface area contributed by atoms with Crippen LogP contribution in [0.25, 0.3) is 0 Å². The molecular formula is C11H20N4O. The smallest absolute Gasteiger partial charge is 0.131 e. The Morgan fingerprint density at radius 2 is 2.12 bits per heavy atom. The summed E-state index contributed by atoms with van der Waals surface area (Å²) in [6.45, 7) is 6.75. The molecule has 1 aromatic rings. The number of nitrogens with two attached hydrogens (primary N) is 1. The third-order valence-electron chi connectivity index (χ3n) is 2.06. The number of aromatic nitrogens is 2. The molecule has 1 atom stereocenters. The van der Waals surface area contributed by atoms with Gasteiger partial charge in [-0.15, -0.1) is 0 Å². The number of nitrogens with zero attached hydrogens (tertiary/aromatic N) is 2. The Bertz CT molecular complexity index is 335. The monoisotopic (exact) mass is 224 g/mol. The second-order valence-electron chi connectivity index (χ2n) is 5.13. The molecule has 1 aromatic heterocycles. The number of aliphatic hydroxyl groups excluding tert-OH is 1. The van der Waals surface area contributed by atoms with Crippen LogP contribution in [0.1, 0.15) is 27.2 Å². The fraction of sp³-hybridized carbons (Fsp3) is 0.636. The Hall–Kier alpha value is -1.36. The average Bonchev–Trinajstić information content (AvgIpc) is 2.12. The Morgan fingerprint density at radius 1 is 1.44 bits per heavy atom. The van der Waals surface area contributed by atoms with Crippen molar-refractivity contribution in [1.82, 2.24) is 9.97 Å². The van der Waals surface area contributed by atoms with Crippen molar-refractivity contribution in [2.75, 3.05) is 17.6 Å². The fourth-order valence-corrected chi connectivity index (χ4v) is 1.47. The maximum atomic E-state index is 9.78. The zero-order chi connectivity index (χ0) is 12.2. The first-order valence-electron chi connectivity index (χ1n) is 5.36. The van der Waals surface area contributed by atoms with E-state index in [4.69, 9.17) is 5.73 Å². The van der Waals surface area contributed by atoms with Gasteiger partial charge in [0.05, 0.1) is 6.10 Å². The van der Waals surface area contributed by atoms with Gasteiger partial charge in [-0.25, -0.2) is 9.97 Å². The summed E-state index contributed by atoms with van der Waals surface area (Å²) in [5.74, 6) is 1.06. The van der Waals surface area contributed by atoms with Gasteiger partial charge in [0, 0.05) is 12.6 Å². The molecule has 16 heavy (non-hydrogen) atoms. The third kappa shape index (κ3) is 4.93. The lowest BCUT2D eigenvalue weighted by molar-refractivity contribution is 0.132. The van der Waals surface area contributed by atoms with Crippen molar-refractivity contribution in [3.05, 3.63) is 12.4 Å². The van der Waals surface area contributed by atoms with Gasteiger partial charge in [-0.2, -0.15) is 0 Å². The van der Waals surface area contributed by atoms with E-state index >= 15 is 0 Å². The Kier molecular flexibility index (Phi) is 4.06. The predicted molar refractivity (Wildman–Crippen MR) is 65.0 cm³/mol. The van der Waals surface area contributed by atoms with Crippen molar-refractivity contribution in [2.45, 2.75) is 33.3 Å². The minimum atomic E-state index is -0.392. The molecule has 0 fully saturated rings. The number of aliphatic hydroxyl groups is 1. The second kappa shape index (κ2) is 5.12. The third-order valence-corrected chi connectivity index (χ3v) is 2.06. The molecule has 0 aliphatic rings. The zero-order valence-electron chi connectivity index (χ0n) is 10.1. The summed E-state index contributed by atoms with van der Waals surface area (Å²) >= 11 is 0. The van der Waals surface area contributed by atoms with Crippen LogP contribution >= 0.6 is 0 Å². The number of hydrogen-bond acceptors (Lipinski definition) is 5. The first-order valence-corrected chi connectivity index (χ1v) is 5.36. The molecule has 1 rings (SSSR count). The van der Waals surface area contributed by atoms with Gasteiger partial charge in [-0.3, -0.25) is 0 Å². The molecule has 0 aliphatic carbocycles. The van der Waals surface area contributed by atoms with Crippen LogP contribution in [-0.4, -0.2) is 27.7 Å². The summed E-state index contributed by atoms with van der Waals surface area (Å²) in [6.07, 6.45) is 1.74. The fourth-order valence-electron chi connectivity index (χ4n) is 1.47. The zero-order valence-corrected chi connectivity index (χ0v) is 10.1. The van der Waals surface area contributed by atoms with E-state index in [1.165, 1.54) is 6.33 Å². The van der Waals surface area contributed by atoms with E-state index in [9.17, 15) is 5.11 Å². The number of rotatable bonds is 4. The lowest BCUT2D eigenvalue weighted by Crippen LogP contribution is -2.25. The summed E-state index contributed by atoms with van der Waals surface area (Å²) in [4.78, 5) is 7.79. The minimum Gasteiger partial charge on any atom is -0.391 e. The highest BCUT2D eigenvalue weighted by molar-refractivity contribution is 5.43. The summed E-state index contributed by atoms with van der Waals surface area (Å²) in [5, 5.41) is 12.8. The molecular weight excluding hydrogens is 204 g/mol. The van der Waals surface area contributed by atoms with Gasteiger partial charge in [0.1, 0.15) is 18.0 Å². The Morgan fingerprint density at radius 3 is 2.69 bits per heavy atom. The highest BCUT2D eigenvalue weighted by Crippen LogP contribution is 2.20. The first-order chi connectivity index (χ1) is 7.37. The molecule has 1 heterocycles. The molecule has 4 N–H and O–H groups in total. The van der Waals surface area contributed by atoms with Crippen molar-refractivity contribution in [3.8, 4) is 0 Å². The Labute approximate surface area is 96.1 Å². The number of nitrogens with one attached hydrogen (secondary N) is 1. The van der Waals surface area contributed by atoms with E-state index < -0.39 is 6.10 Å². The van der Waals surface area contributed by atoms with Gasteiger partial charge in [0.15, 0.2) is 0 Å². The lowest BCUT2D eigenvalue weighted by Gasteiger charge is -2.22. The number of anilines is 2. The molecule has 0 radical (unpaired) electrons. The van der Waals surface area contributed by atoms with E-state index in [1.54, 1.807) is 6.07 Å². The van der Waals surface area contributed by atoms with Crippen LogP contribution in [0.2, 0.25) is 0 Å². The quantitative estimate of drug-likeness (QED) is 0.717. The van der Waals surface area contributed by atoms with Crippen LogP contribution in [0, 0.1) is 5.41 Å². The van der Waals surface area contributed by atoms with E-state index in [2.05, 4.69) is 36.1 Å². The Balaban J connectivity index is 2.40. The maximum Gasteiger partial charge on any atom is 0.131 e. The van der Waals surface area contributed by atoms with Crippen LogP contribution in [0.4, 0.5) is 11.6 Å². The van der Waals surface area contributed by atoms with Gasteiger partial charge >= 0.3 is 0 Å². The molecule has 1 unspecified atom stereocenters. The average molecular weight is 224 g/mol. The van der Waals surface area contributed by atoms with Crippen LogP contribution in [0.15, 0.2) is 12.4 Å². The van der Waals surface area contributed by atoms with Crippen LogP contribution in [0.5, 0.6) is 0 Å². The standard InChI is InChI=1S/C11H20N4O/c1-11(2,3)5-8(16)6-13-10-4-9(12)14-7-15-10/h4,7-8,16H,5-6H2,1-3H3,(H3,12,13,14,15). The van der Waals surface area contributed by atoms with Gasteiger partial charge in [-0.1, -0.05) is 20.8 Å². The van der Waals surface area contributed by atoms with Crippen LogP contribution < -0.4 is 11.1 Å². The number of nitrogen functional groups attached to an aromatic ring is 1. The molecule has 90 valence electrons. The van der Waals surface area contributed by atoms with Crippen molar-refractivity contribution in [1.29, 1.82) is 0 Å². The molecule has 5 nitrogen and oxygen atoms in total. The molecule has 0 amide bonds. The summed E-state index contributed by atoms with van der Waals surface area (Å²) in [7, 11) is 0. The maximum absolute atomic E-state index is 9.78. The number of hydrogen-bond donors (Lipinski definition) is 3. The highest BCUT2D eigenvalue weighted by Gasteiger charge is 2.16. The van der Waals surface area contributed by atoms with Gasteiger partial charge < -0.3 is 16.2 Å². The van der Waals surface area contributed by atoms with Crippen LogP contribution in [-0.2, 0) is 0 Å². The first kappa shape index (κ1) is 12.7. The lowest BCUT2D eigenvalue weighted by atomic mass is 9.89. The van der Waals surface area contributed by atoms with Crippen molar-refractivity contribution in [2.24, 2.45) is 5.41 Å². The summed E-state index contributed by atoms with van der Waals surface area (Å²) in [6, 6.07) is 1.64. The van der Waals surface area contributed by atoms with Crippen molar-refractivity contribution >= 4 is 11.6 Å². The van der Waals surface area contributed by atoms with Gasteiger partial charge in [0.25, 0.3) is 0 Å². The SMILES string of the molecule is CC(C)(C)CC(O)CNc1cc(N)ncn1. The van der Waals surface area contributed by atoms with Gasteiger partial charge in [0.2, 0.25) is 0 Å². The van der Waals surface area contributed by atoms with E-state index in [1.807, 2.05) is 0 Å². The normalized spacial score (nSPS) is 13.5. The molecule has 0 bridgehead atoms. The van der Waals surface area contributed by atoms with Crippen molar-refractivity contribution in [3.63, 3.8) is 0 Å². The summed E-state index contributed by atoms with van der Waals surface area (Å²) < 4.78 is 0. The molecule has 0 saturated carbocycles. The van der Waals surface area contributed by atoms with E-state index in [0.717, 1.165) is 6.42 Å². The van der Waals surface area contributed by atoms with E-state index in [0.29, 0.717) is 18.2 Å². The van der Waals surface area contributed by atoms with E-state index in [-0.39, 0.29) is 5.41 Å². The minimum absolute atomic E-state index is 0.117. The topological polar surface area (TPSA) is 84.1 Å². The van der Waals surface area contributed by atoms with Gasteiger partial charge in [-0.05, 0) is 11.8 Å². The predicted octanol–water partition coefficient (Wildman–Crippen LogP) is 1.27. The molecule has 0 spiro atoms. The van der Waals surface area contributed by atoms with Crippen molar-refractivity contribution < 1.29 is 5.11 Å². The molecule has 5 heteroatoms. The molecule has 0 saturated heterocycles. The second-order valence-corrected chi connectivity index (χ2v) is 5.13. The summed E-state index contributed by atoms with van der Waals surface area (Å²) in [5.41, 5.74) is 5.63.